The maximum atomic E-state index is 12.6. The number of nitrogens with one attached hydrogen (secondary N) is 2. The number of hydrogen-bond donors (Lipinski definition) is 3. The number of pyridine rings is 1. The number of aromatic nitrogens is 4. The van der Waals surface area contributed by atoms with Crippen LogP contribution in [0.4, 0.5) is 11.4 Å². The van der Waals surface area contributed by atoms with Gasteiger partial charge in [0, 0.05) is 41.9 Å². The monoisotopic (exact) mass is 434 g/mol. The lowest BCUT2D eigenvalue weighted by molar-refractivity contribution is 0.102. The third-order valence-corrected chi connectivity index (χ3v) is 5.54. The van der Waals surface area contributed by atoms with Crippen molar-refractivity contribution in [3.05, 3.63) is 102 Å². The fourth-order valence-electron chi connectivity index (χ4n) is 3.83. The highest BCUT2D eigenvalue weighted by Crippen LogP contribution is 2.26. The van der Waals surface area contributed by atoms with E-state index in [1.54, 1.807) is 36.7 Å². The first-order valence-corrected chi connectivity index (χ1v) is 10.6. The summed E-state index contributed by atoms with van der Waals surface area (Å²) in [7, 11) is 0. The fraction of sp³-hybridized carbons (Fsp3) is 0.0769. The summed E-state index contributed by atoms with van der Waals surface area (Å²) in [5.41, 5.74) is 13.2. The molecule has 3 heterocycles. The van der Waals surface area contributed by atoms with Crippen LogP contribution in [0.5, 0.6) is 0 Å². The Morgan fingerprint density at radius 2 is 1.94 bits per heavy atom. The predicted octanol–water partition coefficient (Wildman–Crippen LogP) is 4.75. The minimum Gasteiger partial charge on any atom is -0.398 e. The Labute approximate surface area is 190 Å². The molecule has 4 N–H and O–H groups in total. The number of benzene rings is 2. The SMILES string of the molecule is Cc1cc(NC(=O)c2ccccc2N)ccc1Cc1nc(-c2cccnc2)c2[nH]ccc2n1. The lowest BCUT2D eigenvalue weighted by Gasteiger charge is -2.11. The molecular formula is C26H22N6O. The second kappa shape index (κ2) is 8.55. The maximum absolute atomic E-state index is 12.6. The molecule has 7 heteroatoms. The van der Waals surface area contributed by atoms with Gasteiger partial charge < -0.3 is 16.0 Å². The number of nitrogens with two attached hydrogens (primary N) is 1. The molecule has 1 amide bonds. The van der Waals surface area contributed by atoms with E-state index in [4.69, 9.17) is 15.7 Å². The Hall–Kier alpha value is -4.52. The fourth-order valence-corrected chi connectivity index (χ4v) is 3.83. The number of aryl methyl sites for hydroxylation is 1. The molecule has 0 aliphatic rings. The third kappa shape index (κ3) is 4.16. The summed E-state index contributed by atoms with van der Waals surface area (Å²) in [4.78, 5) is 29.6. The van der Waals surface area contributed by atoms with Crippen LogP contribution in [0.1, 0.15) is 27.3 Å². The van der Waals surface area contributed by atoms with Crippen molar-refractivity contribution in [1.29, 1.82) is 0 Å². The molecule has 33 heavy (non-hydrogen) atoms. The van der Waals surface area contributed by atoms with Crippen LogP contribution < -0.4 is 11.1 Å². The number of para-hydroxylation sites is 1. The van der Waals surface area contributed by atoms with Crippen LogP contribution in [-0.4, -0.2) is 25.8 Å². The molecule has 0 spiro atoms. The van der Waals surface area contributed by atoms with Gasteiger partial charge in [0.05, 0.1) is 22.3 Å². The van der Waals surface area contributed by atoms with Crippen molar-refractivity contribution < 1.29 is 4.79 Å². The van der Waals surface area contributed by atoms with Gasteiger partial charge >= 0.3 is 0 Å². The highest BCUT2D eigenvalue weighted by atomic mass is 16.1. The molecule has 0 saturated carbocycles. The van der Waals surface area contributed by atoms with Gasteiger partial charge in [-0.25, -0.2) is 9.97 Å². The van der Waals surface area contributed by atoms with Gasteiger partial charge in [-0.3, -0.25) is 9.78 Å². The number of anilines is 2. The number of nitrogen functional groups attached to an aromatic ring is 1. The number of amides is 1. The standard InChI is InChI=1S/C26H22N6O/c1-16-13-19(30-26(33)20-6-2-3-7-21(20)27)9-8-17(16)14-23-31-22-10-12-29-25(22)24(32-23)18-5-4-11-28-15-18/h2-13,15,29H,14,27H2,1H3,(H,30,33). The average molecular weight is 435 g/mol. The molecule has 3 aromatic heterocycles. The molecule has 162 valence electrons. The molecule has 5 rings (SSSR count). The molecule has 0 radical (unpaired) electrons. The smallest absolute Gasteiger partial charge is 0.257 e. The Balaban J connectivity index is 1.41. The Morgan fingerprint density at radius 3 is 2.73 bits per heavy atom. The number of nitrogens with zero attached hydrogens (tertiary/aromatic N) is 3. The summed E-state index contributed by atoms with van der Waals surface area (Å²) in [6, 6.07) is 18.7. The molecular weight excluding hydrogens is 412 g/mol. The zero-order valence-corrected chi connectivity index (χ0v) is 18.0. The average Bonchev–Trinajstić information content (AvgIpc) is 3.30. The second-order valence-corrected chi connectivity index (χ2v) is 7.83. The largest absolute Gasteiger partial charge is 0.398 e. The van der Waals surface area contributed by atoms with E-state index in [9.17, 15) is 4.79 Å². The summed E-state index contributed by atoms with van der Waals surface area (Å²) in [6.07, 6.45) is 5.98. The second-order valence-electron chi connectivity index (χ2n) is 7.83. The maximum Gasteiger partial charge on any atom is 0.257 e. The lowest BCUT2D eigenvalue weighted by Crippen LogP contribution is -2.14. The molecule has 0 unspecified atom stereocenters. The summed E-state index contributed by atoms with van der Waals surface area (Å²) >= 11 is 0. The van der Waals surface area contributed by atoms with Crippen LogP contribution in [0.3, 0.4) is 0 Å². The van der Waals surface area contributed by atoms with Crippen LogP contribution in [-0.2, 0) is 6.42 Å². The molecule has 0 aliphatic carbocycles. The van der Waals surface area contributed by atoms with Gasteiger partial charge in [0.15, 0.2) is 0 Å². The number of carbonyl (C=O) groups is 1. The van der Waals surface area contributed by atoms with Crippen molar-refractivity contribution >= 4 is 28.3 Å². The van der Waals surface area contributed by atoms with Crippen molar-refractivity contribution in [1.82, 2.24) is 19.9 Å². The van der Waals surface area contributed by atoms with E-state index in [1.807, 2.05) is 49.5 Å². The molecule has 7 nitrogen and oxygen atoms in total. The third-order valence-electron chi connectivity index (χ3n) is 5.54. The van der Waals surface area contributed by atoms with Crippen molar-refractivity contribution in [2.45, 2.75) is 13.3 Å². The van der Waals surface area contributed by atoms with E-state index in [1.165, 1.54) is 0 Å². The van der Waals surface area contributed by atoms with E-state index >= 15 is 0 Å². The Bertz CT molecular complexity index is 1460. The van der Waals surface area contributed by atoms with Gasteiger partial charge in [0.25, 0.3) is 5.91 Å². The van der Waals surface area contributed by atoms with Gasteiger partial charge in [0.1, 0.15) is 5.82 Å². The minimum atomic E-state index is -0.234. The summed E-state index contributed by atoms with van der Waals surface area (Å²) in [5.74, 6) is 0.487. The molecule has 2 aromatic carbocycles. The number of hydrogen-bond acceptors (Lipinski definition) is 5. The van der Waals surface area contributed by atoms with Crippen molar-refractivity contribution in [2.24, 2.45) is 0 Å². The van der Waals surface area contributed by atoms with Gasteiger partial charge in [-0.05, 0) is 60.5 Å². The first-order chi connectivity index (χ1) is 16.1. The van der Waals surface area contributed by atoms with Gasteiger partial charge in [-0.1, -0.05) is 18.2 Å². The van der Waals surface area contributed by atoms with Crippen molar-refractivity contribution in [3.8, 4) is 11.3 Å². The molecule has 0 fully saturated rings. The number of H-pyrrole nitrogens is 1. The van der Waals surface area contributed by atoms with Crippen molar-refractivity contribution in [2.75, 3.05) is 11.1 Å². The summed E-state index contributed by atoms with van der Waals surface area (Å²) in [5, 5.41) is 2.92. The lowest BCUT2D eigenvalue weighted by atomic mass is 10.0. The summed E-state index contributed by atoms with van der Waals surface area (Å²) in [6.45, 7) is 2.01. The Morgan fingerprint density at radius 1 is 1.06 bits per heavy atom. The molecule has 0 saturated heterocycles. The normalized spacial score (nSPS) is 10.9. The van der Waals surface area contributed by atoms with Gasteiger partial charge in [-0.15, -0.1) is 0 Å². The molecule has 0 aliphatic heterocycles. The quantitative estimate of drug-likeness (QED) is 0.346. The van der Waals surface area contributed by atoms with Crippen LogP contribution in [0.15, 0.2) is 79.3 Å². The van der Waals surface area contributed by atoms with Crippen LogP contribution in [0.25, 0.3) is 22.3 Å². The first-order valence-electron chi connectivity index (χ1n) is 10.6. The van der Waals surface area contributed by atoms with E-state index in [2.05, 4.69) is 15.3 Å². The van der Waals surface area contributed by atoms with Gasteiger partial charge in [0.2, 0.25) is 0 Å². The minimum absolute atomic E-state index is 0.234. The first kappa shape index (κ1) is 20.4. The summed E-state index contributed by atoms with van der Waals surface area (Å²) < 4.78 is 0. The van der Waals surface area contributed by atoms with Crippen LogP contribution >= 0.6 is 0 Å². The highest BCUT2D eigenvalue weighted by molar-refractivity contribution is 6.07. The number of carbonyl (C=O) groups excluding carboxylic acids is 1. The van der Waals surface area contributed by atoms with Crippen LogP contribution in [0.2, 0.25) is 0 Å². The number of rotatable bonds is 5. The predicted molar refractivity (Wildman–Crippen MR) is 130 cm³/mol. The van der Waals surface area contributed by atoms with E-state index in [0.717, 1.165) is 39.2 Å². The van der Waals surface area contributed by atoms with E-state index in [0.29, 0.717) is 23.4 Å². The molecule has 0 atom stereocenters. The van der Waals surface area contributed by atoms with Gasteiger partial charge in [-0.2, -0.15) is 0 Å². The topological polar surface area (TPSA) is 110 Å². The zero-order chi connectivity index (χ0) is 22.8. The van der Waals surface area contributed by atoms with E-state index in [-0.39, 0.29) is 5.91 Å². The van der Waals surface area contributed by atoms with Crippen molar-refractivity contribution in [3.63, 3.8) is 0 Å². The van der Waals surface area contributed by atoms with E-state index < -0.39 is 0 Å². The Kier molecular flexibility index (Phi) is 5.28. The number of fused-ring (bicyclic) bond motifs is 1. The zero-order valence-electron chi connectivity index (χ0n) is 18.0. The molecule has 0 bridgehead atoms. The number of aromatic amines is 1. The highest BCUT2D eigenvalue weighted by Gasteiger charge is 2.14. The van der Waals surface area contributed by atoms with Crippen LogP contribution in [0, 0.1) is 6.92 Å². The molecule has 5 aromatic rings.